The largest absolute Gasteiger partial charge is 0.356 e. The van der Waals surface area contributed by atoms with E-state index in [2.05, 4.69) is 15.6 Å². The van der Waals surface area contributed by atoms with Crippen LogP contribution >= 0.6 is 24.0 Å². The maximum Gasteiger partial charge on any atom is 0.243 e. The van der Waals surface area contributed by atoms with E-state index in [4.69, 9.17) is 0 Å². The number of rotatable bonds is 8. The Labute approximate surface area is 193 Å². The maximum atomic E-state index is 12.6. The normalized spacial score (nSPS) is 18.6. The van der Waals surface area contributed by atoms with Crippen molar-refractivity contribution in [1.82, 2.24) is 14.9 Å². The number of hydrogen-bond donors (Lipinski definition) is 2. The van der Waals surface area contributed by atoms with Crippen LogP contribution in [0.5, 0.6) is 0 Å². The van der Waals surface area contributed by atoms with Gasteiger partial charge in [-0.2, -0.15) is 4.31 Å². The van der Waals surface area contributed by atoms with Crippen LogP contribution < -0.4 is 10.6 Å². The summed E-state index contributed by atoms with van der Waals surface area (Å²) in [7, 11) is -1.56. The van der Waals surface area contributed by atoms with E-state index in [1.165, 1.54) is 38.5 Å². The Morgan fingerprint density at radius 2 is 1.72 bits per heavy atom. The van der Waals surface area contributed by atoms with Crippen molar-refractivity contribution in [1.29, 1.82) is 0 Å². The fourth-order valence-corrected chi connectivity index (χ4v) is 5.68. The lowest BCUT2D eigenvalue weighted by Gasteiger charge is -2.16. The maximum absolute atomic E-state index is 12.6. The van der Waals surface area contributed by atoms with Gasteiger partial charge in [0.2, 0.25) is 10.0 Å². The lowest BCUT2D eigenvalue weighted by molar-refractivity contribution is 0.477. The molecule has 2 N–H and O–H groups in total. The third-order valence-corrected chi connectivity index (χ3v) is 7.78. The average molecular weight is 535 g/mol. The Kier molecular flexibility index (Phi) is 10.2. The molecular formula is C21H35IN4O2S. The molecule has 1 heterocycles. The number of aliphatic imine (C=N–C) groups is 1. The summed E-state index contributed by atoms with van der Waals surface area (Å²) >= 11 is 0. The van der Waals surface area contributed by atoms with Gasteiger partial charge < -0.3 is 10.6 Å². The molecule has 3 rings (SSSR count). The van der Waals surface area contributed by atoms with Crippen molar-refractivity contribution < 1.29 is 8.42 Å². The van der Waals surface area contributed by atoms with Crippen LogP contribution in [-0.4, -0.2) is 45.4 Å². The van der Waals surface area contributed by atoms with Gasteiger partial charge in [0.05, 0.1) is 4.90 Å². The van der Waals surface area contributed by atoms with E-state index in [1.54, 1.807) is 23.5 Å². The molecule has 164 valence electrons. The molecular weight excluding hydrogens is 499 g/mol. The van der Waals surface area contributed by atoms with Crippen LogP contribution in [0.1, 0.15) is 56.9 Å². The van der Waals surface area contributed by atoms with E-state index in [-0.39, 0.29) is 24.0 Å². The van der Waals surface area contributed by atoms with Gasteiger partial charge in [-0.3, -0.25) is 4.99 Å². The Morgan fingerprint density at radius 1 is 1.07 bits per heavy atom. The van der Waals surface area contributed by atoms with E-state index < -0.39 is 10.0 Å². The first-order chi connectivity index (χ1) is 13.6. The van der Waals surface area contributed by atoms with Gasteiger partial charge in [0.1, 0.15) is 0 Å². The van der Waals surface area contributed by atoms with E-state index >= 15 is 0 Å². The second kappa shape index (κ2) is 12.1. The standard InChI is InChI=1S/C21H34N4O2S.HI/c1-22-21(23-14-6-9-18-7-2-3-8-18)24-17-19-10-12-20(13-11-19)28(26,27)25-15-4-5-16-25;/h10-13,18H,2-9,14-17H2,1H3,(H2,22,23,24);1H. The summed E-state index contributed by atoms with van der Waals surface area (Å²) in [6.07, 6.45) is 9.99. The first-order valence-corrected chi connectivity index (χ1v) is 12.1. The molecule has 6 nitrogen and oxygen atoms in total. The number of guanidine groups is 1. The van der Waals surface area contributed by atoms with Crippen molar-refractivity contribution in [2.75, 3.05) is 26.7 Å². The zero-order valence-corrected chi connectivity index (χ0v) is 20.5. The van der Waals surface area contributed by atoms with Crippen LogP contribution in [0.4, 0.5) is 0 Å². The first kappa shape index (κ1) is 24.4. The summed E-state index contributed by atoms with van der Waals surface area (Å²) in [6, 6.07) is 7.18. The molecule has 1 aliphatic carbocycles. The molecule has 0 aromatic heterocycles. The van der Waals surface area contributed by atoms with Gasteiger partial charge in [0.25, 0.3) is 0 Å². The summed E-state index contributed by atoms with van der Waals surface area (Å²) < 4.78 is 26.7. The highest BCUT2D eigenvalue weighted by Crippen LogP contribution is 2.28. The van der Waals surface area contributed by atoms with E-state index in [9.17, 15) is 8.42 Å². The lowest BCUT2D eigenvalue weighted by Crippen LogP contribution is -2.37. The predicted molar refractivity (Wildman–Crippen MR) is 129 cm³/mol. The number of hydrogen-bond acceptors (Lipinski definition) is 3. The zero-order valence-electron chi connectivity index (χ0n) is 17.4. The van der Waals surface area contributed by atoms with Crippen LogP contribution in [-0.2, 0) is 16.6 Å². The van der Waals surface area contributed by atoms with Crippen LogP contribution in [0, 0.1) is 5.92 Å². The molecule has 0 bridgehead atoms. The summed E-state index contributed by atoms with van der Waals surface area (Å²) in [6.45, 7) is 2.82. The van der Waals surface area contributed by atoms with Gasteiger partial charge in [-0.1, -0.05) is 37.8 Å². The van der Waals surface area contributed by atoms with Gasteiger partial charge in [-0.25, -0.2) is 8.42 Å². The Hall–Kier alpha value is -0.870. The molecule has 0 atom stereocenters. The minimum absolute atomic E-state index is 0. The Morgan fingerprint density at radius 3 is 2.34 bits per heavy atom. The molecule has 0 unspecified atom stereocenters. The minimum Gasteiger partial charge on any atom is -0.356 e. The minimum atomic E-state index is -3.34. The quantitative estimate of drug-likeness (QED) is 0.231. The average Bonchev–Trinajstić information content (AvgIpc) is 3.42. The highest BCUT2D eigenvalue weighted by Gasteiger charge is 2.26. The predicted octanol–water partition coefficient (Wildman–Crippen LogP) is 3.72. The monoisotopic (exact) mass is 534 g/mol. The van der Waals surface area contributed by atoms with Crippen LogP contribution in [0.3, 0.4) is 0 Å². The molecule has 0 spiro atoms. The van der Waals surface area contributed by atoms with Crippen molar-refractivity contribution in [3.8, 4) is 0 Å². The van der Waals surface area contributed by atoms with E-state index in [1.807, 2.05) is 12.1 Å². The second-order valence-electron chi connectivity index (χ2n) is 7.90. The first-order valence-electron chi connectivity index (χ1n) is 10.6. The fourth-order valence-electron chi connectivity index (χ4n) is 4.16. The fraction of sp³-hybridized carbons (Fsp3) is 0.667. The summed E-state index contributed by atoms with van der Waals surface area (Å²) in [5.41, 5.74) is 1.04. The molecule has 1 aliphatic heterocycles. The lowest BCUT2D eigenvalue weighted by atomic mass is 10.0. The highest BCUT2D eigenvalue weighted by molar-refractivity contribution is 14.0. The third kappa shape index (κ3) is 7.10. The molecule has 1 saturated heterocycles. The zero-order chi connectivity index (χ0) is 19.8. The van der Waals surface area contributed by atoms with Gasteiger partial charge in [-0.15, -0.1) is 24.0 Å². The second-order valence-corrected chi connectivity index (χ2v) is 9.84. The molecule has 1 aromatic carbocycles. The van der Waals surface area contributed by atoms with Crippen LogP contribution in [0.15, 0.2) is 34.2 Å². The topological polar surface area (TPSA) is 73.8 Å². The molecule has 1 aromatic rings. The molecule has 0 radical (unpaired) electrons. The number of nitrogens with zero attached hydrogens (tertiary/aromatic N) is 2. The van der Waals surface area contributed by atoms with Crippen molar-refractivity contribution in [3.05, 3.63) is 29.8 Å². The summed E-state index contributed by atoms with van der Waals surface area (Å²) in [5, 5.41) is 6.68. The summed E-state index contributed by atoms with van der Waals surface area (Å²) in [5.74, 6) is 1.72. The number of sulfonamides is 1. The van der Waals surface area contributed by atoms with E-state index in [0.29, 0.717) is 24.5 Å². The Bertz CT molecular complexity index is 740. The van der Waals surface area contributed by atoms with E-state index in [0.717, 1.165) is 36.8 Å². The molecule has 2 fully saturated rings. The molecule has 29 heavy (non-hydrogen) atoms. The molecule has 8 heteroatoms. The van der Waals surface area contributed by atoms with Gasteiger partial charge in [0, 0.05) is 33.2 Å². The van der Waals surface area contributed by atoms with Crippen molar-refractivity contribution in [3.63, 3.8) is 0 Å². The highest BCUT2D eigenvalue weighted by atomic mass is 127. The molecule has 1 saturated carbocycles. The Balaban J connectivity index is 0.00000300. The van der Waals surface area contributed by atoms with Crippen LogP contribution in [0.25, 0.3) is 0 Å². The van der Waals surface area contributed by atoms with Crippen LogP contribution in [0.2, 0.25) is 0 Å². The van der Waals surface area contributed by atoms with Gasteiger partial charge in [0.15, 0.2) is 5.96 Å². The summed E-state index contributed by atoms with van der Waals surface area (Å²) in [4.78, 5) is 4.66. The van der Waals surface area contributed by atoms with Gasteiger partial charge >= 0.3 is 0 Å². The van der Waals surface area contributed by atoms with Crippen molar-refractivity contribution in [2.24, 2.45) is 10.9 Å². The smallest absolute Gasteiger partial charge is 0.243 e. The van der Waals surface area contributed by atoms with Gasteiger partial charge in [-0.05, 0) is 49.3 Å². The van der Waals surface area contributed by atoms with Crippen molar-refractivity contribution >= 4 is 40.0 Å². The number of nitrogens with one attached hydrogen (secondary N) is 2. The van der Waals surface area contributed by atoms with Crippen molar-refractivity contribution in [2.45, 2.75) is 62.8 Å². The number of benzene rings is 1. The number of halogens is 1. The molecule has 0 amide bonds. The SMILES string of the molecule is CN=C(NCCCC1CCCC1)NCc1ccc(S(=O)(=O)N2CCCC2)cc1.I. The third-order valence-electron chi connectivity index (χ3n) is 5.87. The molecule has 2 aliphatic rings.